The van der Waals surface area contributed by atoms with E-state index in [-0.39, 0.29) is 0 Å². The Morgan fingerprint density at radius 1 is 0.479 bits per heavy atom. The molecule has 0 radical (unpaired) electrons. The molecule has 0 unspecified atom stereocenters. The van der Waals surface area contributed by atoms with Crippen LogP contribution in [-0.2, 0) is 0 Å². The predicted molar refractivity (Wildman–Crippen MR) is 201 cm³/mol. The van der Waals surface area contributed by atoms with Crippen molar-refractivity contribution in [2.24, 2.45) is 0 Å². The van der Waals surface area contributed by atoms with Crippen LogP contribution in [0.5, 0.6) is 0 Å². The average molecular weight is 631 g/mol. The van der Waals surface area contributed by atoms with Gasteiger partial charge in [-0.25, -0.2) is 9.97 Å². The average Bonchev–Trinajstić information content (AvgIpc) is 3.73. The summed E-state index contributed by atoms with van der Waals surface area (Å²) in [5.74, 6) is 0.692. The smallest absolute Gasteiger partial charge is 0.161 e. The van der Waals surface area contributed by atoms with E-state index in [9.17, 15) is 0 Å². The van der Waals surface area contributed by atoms with Crippen LogP contribution in [0.3, 0.4) is 0 Å². The highest BCUT2D eigenvalue weighted by Crippen LogP contribution is 2.44. The van der Waals surface area contributed by atoms with Gasteiger partial charge in [0.2, 0.25) is 0 Å². The Balaban J connectivity index is 1.24. The molecule has 0 N–H and O–H groups in total. The number of furan rings is 1. The molecule has 0 saturated heterocycles. The second kappa shape index (κ2) is 10.7. The lowest BCUT2D eigenvalue weighted by Gasteiger charge is -2.11. The van der Waals surface area contributed by atoms with E-state index in [0.29, 0.717) is 5.82 Å². The molecule has 0 spiro atoms. The number of thiophene rings is 1. The second-order valence-electron chi connectivity index (χ2n) is 12.1. The third-order valence-corrected chi connectivity index (χ3v) is 10.5. The minimum atomic E-state index is 0.692. The maximum Gasteiger partial charge on any atom is 0.161 e. The molecule has 0 amide bonds. The van der Waals surface area contributed by atoms with Crippen LogP contribution in [0, 0.1) is 0 Å². The summed E-state index contributed by atoms with van der Waals surface area (Å²) in [5, 5.41) is 5.62. The number of nitrogens with zero attached hydrogens (tertiary/aromatic N) is 2. The van der Waals surface area contributed by atoms with E-state index in [1.54, 1.807) is 11.3 Å². The third kappa shape index (κ3) is 4.20. The summed E-state index contributed by atoms with van der Waals surface area (Å²) in [4.78, 5) is 10.7. The van der Waals surface area contributed by atoms with Crippen LogP contribution < -0.4 is 0 Å². The van der Waals surface area contributed by atoms with Gasteiger partial charge in [0, 0.05) is 37.5 Å². The first-order valence-corrected chi connectivity index (χ1v) is 16.9. The van der Waals surface area contributed by atoms with E-state index in [2.05, 4.69) is 152 Å². The molecule has 0 aliphatic carbocycles. The number of hydrogen-bond donors (Lipinski definition) is 0. The largest absolute Gasteiger partial charge is 0.455 e. The first-order valence-electron chi connectivity index (χ1n) is 16.1. The number of para-hydroxylation sites is 1. The standard InChI is InChI=1S/C44H26N2OS/c1-2-13-28(14-3-1)31-16-6-7-17-32(31)33-19-10-20-35-39-36(21-11-22-37(39)47-42(33)35)44-45-40(30-25-24-27-12-4-5-15-29(27)26-30)43-41(46-44)34-18-8-9-23-38(34)48-43/h1-26H. The van der Waals surface area contributed by atoms with Gasteiger partial charge in [-0.3, -0.25) is 0 Å². The van der Waals surface area contributed by atoms with Crippen molar-refractivity contribution in [2.45, 2.75) is 0 Å². The van der Waals surface area contributed by atoms with Gasteiger partial charge in [-0.1, -0.05) is 140 Å². The van der Waals surface area contributed by atoms with Gasteiger partial charge in [0.05, 0.1) is 15.9 Å². The highest BCUT2D eigenvalue weighted by Gasteiger charge is 2.21. The fourth-order valence-electron chi connectivity index (χ4n) is 7.08. The highest BCUT2D eigenvalue weighted by atomic mass is 32.1. The Labute approximate surface area is 280 Å². The van der Waals surface area contributed by atoms with Crippen LogP contribution in [0.2, 0.25) is 0 Å². The molecule has 48 heavy (non-hydrogen) atoms. The van der Waals surface area contributed by atoms with Gasteiger partial charge < -0.3 is 4.42 Å². The van der Waals surface area contributed by atoms with Crippen molar-refractivity contribution in [3.63, 3.8) is 0 Å². The predicted octanol–water partition coefficient (Wildman–Crippen LogP) is 12.6. The van der Waals surface area contributed by atoms with Crippen molar-refractivity contribution in [1.29, 1.82) is 0 Å². The molecule has 10 aromatic rings. The zero-order valence-corrected chi connectivity index (χ0v) is 26.5. The summed E-state index contributed by atoms with van der Waals surface area (Å²) in [5.41, 5.74) is 10.2. The highest BCUT2D eigenvalue weighted by molar-refractivity contribution is 7.26. The van der Waals surface area contributed by atoms with Gasteiger partial charge in [0.25, 0.3) is 0 Å². The van der Waals surface area contributed by atoms with Crippen LogP contribution in [0.15, 0.2) is 162 Å². The van der Waals surface area contributed by atoms with Crippen molar-refractivity contribution >= 4 is 64.4 Å². The van der Waals surface area contributed by atoms with E-state index in [1.807, 2.05) is 6.07 Å². The van der Waals surface area contributed by atoms with Crippen molar-refractivity contribution in [2.75, 3.05) is 0 Å². The Morgan fingerprint density at radius 2 is 1.19 bits per heavy atom. The van der Waals surface area contributed by atoms with Gasteiger partial charge in [0.1, 0.15) is 11.2 Å². The van der Waals surface area contributed by atoms with E-state index < -0.39 is 0 Å². The zero-order valence-electron chi connectivity index (χ0n) is 25.7. The molecule has 0 saturated carbocycles. The van der Waals surface area contributed by atoms with Crippen molar-refractivity contribution in [3.8, 4) is 44.9 Å². The minimum absolute atomic E-state index is 0.692. The summed E-state index contributed by atoms with van der Waals surface area (Å²) in [6.45, 7) is 0. The monoisotopic (exact) mass is 630 g/mol. The molecule has 3 heterocycles. The Morgan fingerprint density at radius 3 is 2.10 bits per heavy atom. The summed E-state index contributed by atoms with van der Waals surface area (Å²) < 4.78 is 9.04. The van der Waals surface area contributed by atoms with Crippen LogP contribution in [0.4, 0.5) is 0 Å². The number of aromatic nitrogens is 2. The Bertz CT molecular complexity index is 2850. The molecule has 3 nitrogen and oxygen atoms in total. The summed E-state index contributed by atoms with van der Waals surface area (Å²) in [6, 6.07) is 55.4. The van der Waals surface area contributed by atoms with Crippen LogP contribution in [-0.4, -0.2) is 9.97 Å². The van der Waals surface area contributed by atoms with E-state index in [0.717, 1.165) is 65.5 Å². The van der Waals surface area contributed by atoms with Crippen molar-refractivity contribution < 1.29 is 4.42 Å². The lowest BCUT2D eigenvalue weighted by molar-refractivity contribution is 0.670. The normalized spacial score (nSPS) is 11.8. The molecule has 3 aromatic heterocycles. The zero-order chi connectivity index (χ0) is 31.6. The summed E-state index contributed by atoms with van der Waals surface area (Å²) in [7, 11) is 0. The van der Waals surface area contributed by atoms with Gasteiger partial charge in [-0.05, 0) is 45.7 Å². The van der Waals surface area contributed by atoms with E-state index >= 15 is 0 Å². The fraction of sp³-hybridized carbons (Fsp3) is 0. The molecule has 10 rings (SSSR count). The molecular formula is C44H26N2OS. The molecular weight excluding hydrogens is 605 g/mol. The Hall–Kier alpha value is -6.10. The third-order valence-electron chi connectivity index (χ3n) is 9.31. The molecule has 7 aromatic carbocycles. The molecule has 0 bridgehead atoms. The summed E-state index contributed by atoms with van der Waals surface area (Å²) in [6.07, 6.45) is 0. The summed E-state index contributed by atoms with van der Waals surface area (Å²) >= 11 is 1.76. The van der Waals surface area contributed by atoms with Gasteiger partial charge >= 0.3 is 0 Å². The van der Waals surface area contributed by atoms with E-state index in [1.165, 1.54) is 26.6 Å². The molecule has 0 aliphatic rings. The van der Waals surface area contributed by atoms with Gasteiger partial charge in [-0.2, -0.15) is 0 Å². The van der Waals surface area contributed by atoms with Crippen molar-refractivity contribution in [3.05, 3.63) is 158 Å². The van der Waals surface area contributed by atoms with E-state index in [4.69, 9.17) is 14.4 Å². The maximum absolute atomic E-state index is 6.74. The minimum Gasteiger partial charge on any atom is -0.455 e. The van der Waals surface area contributed by atoms with Gasteiger partial charge in [-0.15, -0.1) is 11.3 Å². The quantitative estimate of drug-likeness (QED) is 0.194. The molecule has 0 atom stereocenters. The van der Waals surface area contributed by atoms with Crippen LogP contribution >= 0.6 is 11.3 Å². The maximum atomic E-state index is 6.74. The number of hydrogen-bond acceptors (Lipinski definition) is 4. The Kier molecular flexibility index (Phi) is 6.05. The van der Waals surface area contributed by atoms with Gasteiger partial charge in [0.15, 0.2) is 5.82 Å². The second-order valence-corrected chi connectivity index (χ2v) is 13.2. The molecule has 224 valence electrons. The van der Waals surface area contributed by atoms with Crippen LogP contribution in [0.1, 0.15) is 0 Å². The number of fused-ring (bicyclic) bond motifs is 7. The fourth-order valence-corrected chi connectivity index (χ4v) is 8.23. The van der Waals surface area contributed by atoms with Crippen LogP contribution in [0.25, 0.3) is 97.9 Å². The first kappa shape index (κ1) is 27.1. The first-order chi connectivity index (χ1) is 23.8. The lowest BCUT2D eigenvalue weighted by atomic mass is 9.93. The molecule has 0 fully saturated rings. The lowest BCUT2D eigenvalue weighted by Crippen LogP contribution is -1.94. The SMILES string of the molecule is c1ccc(-c2ccccc2-c2cccc3c2oc2cccc(-c4nc(-c5ccc6ccccc6c5)c5sc6ccccc6c5n4)c23)cc1. The topological polar surface area (TPSA) is 38.9 Å². The number of benzene rings is 7. The molecule has 0 aliphatic heterocycles. The van der Waals surface area contributed by atoms with Crippen molar-refractivity contribution in [1.82, 2.24) is 9.97 Å². The molecule has 4 heteroatoms. The number of rotatable bonds is 4.